The molecule has 0 saturated carbocycles. The standard InChI is InChI=1S/C22H17N5/c23-21(18-6-3-10-24-13-18)20-9-11-27-22(26-20)19(14-25-27)17-8-7-15-4-1-2-5-16(15)12-17/h1-14,21H,23H2. The topological polar surface area (TPSA) is 69.1 Å². The molecule has 2 aromatic carbocycles. The van der Waals surface area contributed by atoms with E-state index in [2.05, 4.69) is 40.4 Å². The Morgan fingerprint density at radius 3 is 2.63 bits per heavy atom. The molecule has 1 unspecified atom stereocenters. The first-order chi connectivity index (χ1) is 13.3. The molecule has 0 aliphatic carbocycles. The van der Waals surface area contributed by atoms with E-state index in [9.17, 15) is 0 Å². The van der Waals surface area contributed by atoms with Gasteiger partial charge in [0.2, 0.25) is 0 Å². The van der Waals surface area contributed by atoms with Gasteiger partial charge in [-0.15, -0.1) is 0 Å². The lowest BCUT2D eigenvalue weighted by atomic mass is 10.0. The largest absolute Gasteiger partial charge is 0.319 e. The van der Waals surface area contributed by atoms with Crippen molar-refractivity contribution in [3.63, 3.8) is 0 Å². The van der Waals surface area contributed by atoms with Gasteiger partial charge in [0.15, 0.2) is 5.65 Å². The van der Waals surface area contributed by atoms with Gasteiger partial charge in [-0.2, -0.15) is 5.10 Å². The lowest BCUT2D eigenvalue weighted by molar-refractivity contribution is 0.809. The fourth-order valence-electron chi connectivity index (χ4n) is 3.35. The summed E-state index contributed by atoms with van der Waals surface area (Å²) in [5.41, 5.74) is 11.0. The third-order valence-corrected chi connectivity index (χ3v) is 4.81. The Morgan fingerprint density at radius 2 is 1.78 bits per heavy atom. The first-order valence-corrected chi connectivity index (χ1v) is 8.78. The van der Waals surface area contributed by atoms with E-state index in [0.717, 1.165) is 28.0 Å². The number of hydrogen-bond acceptors (Lipinski definition) is 4. The molecule has 27 heavy (non-hydrogen) atoms. The van der Waals surface area contributed by atoms with Gasteiger partial charge in [-0.25, -0.2) is 9.50 Å². The van der Waals surface area contributed by atoms with Crippen LogP contribution in [-0.2, 0) is 0 Å². The minimum absolute atomic E-state index is 0.331. The Labute approximate surface area is 156 Å². The van der Waals surface area contributed by atoms with Crippen molar-refractivity contribution >= 4 is 16.4 Å². The molecule has 0 aliphatic heterocycles. The normalized spacial score (nSPS) is 12.5. The highest BCUT2D eigenvalue weighted by Crippen LogP contribution is 2.28. The zero-order valence-electron chi connectivity index (χ0n) is 14.5. The van der Waals surface area contributed by atoms with Crippen molar-refractivity contribution < 1.29 is 0 Å². The molecule has 5 aromatic rings. The molecule has 0 spiro atoms. The van der Waals surface area contributed by atoms with Gasteiger partial charge in [0.1, 0.15) is 0 Å². The van der Waals surface area contributed by atoms with Gasteiger partial charge in [-0.3, -0.25) is 4.98 Å². The third-order valence-electron chi connectivity index (χ3n) is 4.81. The predicted molar refractivity (Wildman–Crippen MR) is 106 cm³/mol. The molecule has 5 heteroatoms. The summed E-state index contributed by atoms with van der Waals surface area (Å²) in [5.74, 6) is 0. The van der Waals surface area contributed by atoms with E-state index in [-0.39, 0.29) is 6.04 Å². The van der Waals surface area contributed by atoms with E-state index in [1.54, 1.807) is 16.9 Å². The second kappa shape index (κ2) is 6.30. The molecule has 130 valence electrons. The monoisotopic (exact) mass is 351 g/mol. The van der Waals surface area contributed by atoms with Gasteiger partial charge >= 0.3 is 0 Å². The molecule has 0 fully saturated rings. The van der Waals surface area contributed by atoms with Crippen LogP contribution in [0, 0.1) is 0 Å². The van der Waals surface area contributed by atoms with Gasteiger partial charge in [-0.05, 0) is 40.1 Å². The van der Waals surface area contributed by atoms with Crippen LogP contribution in [0.1, 0.15) is 17.3 Å². The first kappa shape index (κ1) is 15.7. The van der Waals surface area contributed by atoms with Crippen LogP contribution in [0.5, 0.6) is 0 Å². The quantitative estimate of drug-likeness (QED) is 0.533. The van der Waals surface area contributed by atoms with Crippen LogP contribution in [0.25, 0.3) is 27.5 Å². The Bertz CT molecular complexity index is 1240. The number of benzene rings is 2. The summed E-state index contributed by atoms with van der Waals surface area (Å²) >= 11 is 0. The van der Waals surface area contributed by atoms with E-state index < -0.39 is 0 Å². The second-order valence-corrected chi connectivity index (χ2v) is 6.50. The number of aromatic nitrogens is 4. The lowest BCUT2D eigenvalue weighted by Gasteiger charge is -2.11. The highest BCUT2D eigenvalue weighted by Gasteiger charge is 2.14. The summed E-state index contributed by atoms with van der Waals surface area (Å²) in [6.45, 7) is 0. The number of nitrogens with two attached hydrogens (primary N) is 1. The molecule has 2 N–H and O–H groups in total. The molecule has 5 rings (SSSR count). The summed E-state index contributed by atoms with van der Waals surface area (Å²) in [5, 5.41) is 6.85. The first-order valence-electron chi connectivity index (χ1n) is 8.78. The van der Waals surface area contributed by atoms with Crippen molar-refractivity contribution in [1.82, 2.24) is 19.6 Å². The molecule has 0 aliphatic rings. The molecule has 0 saturated heterocycles. The average Bonchev–Trinajstić information content (AvgIpc) is 3.16. The van der Waals surface area contributed by atoms with E-state index in [0.29, 0.717) is 0 Å². The second-order valence-electron chi connectivity index (χ2n) is 6.50. The maximum Gasteiger partial charge on any atom is 0.163 e. The Hall–Kier alpha value is -3.57. The van der Waals surface area contributed by atoms with Crippen molar-refractivity contribution in [2.24, 2.45) is 5.73 Å². The van der Waals surface area contributed by atoms with Crippen molar-refractivity contribution in [3.05, 3.63) is 96.7 Å². The van der Waals surface area contributed by atoms with Crippen LogP contribution in [0.3, 0.4) is 0 Å². The van der Waals surface area contributed by atoms with Gasteiger partial charge in [0.05, 0.1) is 17.9 Å². The number of fused-ring (bicyclic) bond motifs is 2. The highest BCUT2D eigenvalue weighted by atomic mass is 15.2. The number of pyridine rings is 1. The van der Waals surface area contributed by atoms with Crippen LogP contribution in [0.4, 0.5) is 0 Å². The number of hydrogen-bond donors (Lipinski definition) is 1. The van der Waals surface area contributed by atoms with Gasteiger partial charge < -0.3 is 5.73 Å². The van der Waals surface area contributed by atoms with E-state index >= 15 is 0 Å². The van der Waals surface area contributed by atoms with Crippen LogP contribution >= 0.6 is 0 Å². The molecule has 0 bridgehead atoms. The minimum atomic E-state index is -0.331. The van der Waals surface area contributed by atoms with Gasteiger partial charge in [-0.1, -0.05) is 42.5 Å². The Morgan fingerprint density at radius 1 is 0.889 bits per heavy atom. The molecule has 3 aromatic heterocycles. The Kier molecular flexibility index (Phi) is 3.66. The van der Waals surface area contributed by atoms with Crippen molar-refractivity contribution in [1.29, 1.82) is 0 Å². The molecule has 0 amide bonds. The summed E-state index contributed by atoms with van der Waals surface area (Å²) in [6.07, 6.45) is 7.27. The van der Waals surface area contributed by atoms with E-state index in [4.69, 9.17) is 10.7 Å². The number of nitrogens with zero attached hydrogens (tertiary/aromatic N) is 4. The maximum atomic E-state index is 6.41. The predicted octanol–water partition coefficient (Wildman–Crippen LogP) is 3.99. The lowest BCUT2D eigenvalue weighted by Crippen LogP contribution is -2.14. The van der Waals surface area contributed by atoms with E-state index in [1.165, 1.54) is 10.8 Å². The summed E-state index contributed by atoms with van der Waals surface area (Å²) in [6, 6.07) is 20.1. The average molecular weight is 351 g/mol. The maximum absolute atomic E-state index is 6.41. The molecule has 1 atom stereocenters. The summed E-state index contributed by atoms with van der Waals surface area (Å²) in [7, 11) is 0. The van der Waals surface area contributed by atoms with Crippen molar-refractivity contribution in [3.8, 4) is 11.1 Å². The smallest absolute Gasteiger partial charge is 0.163 e. The third kappa shape index (κ3) is 2.74. The molecule has 5 nitrogen and oxygen atoms in total. The van der Waals surface area contributed by atoms with Gasteiger partial charge in [0, 0.05) is 24.2 Å². The zero-order valence-corrected chi connectivity index (χ0v) is 14.5. The summed E-state index contributed by atoms with van der Waals surface area (Å²) < 4.78 is 1.78. The molecular formula is C22H17N5. The summed E-state index contributed by atoms with van der Waals surface area (Å²) in [4.78, 5) is 8.97. The van der Waals surface area contributed by atoms with E-state index in [1.807, 2.05) is 42.7 Å². The van der Waals surface area contributed by atoms with Crippen LogP contribution < -0.4 is 5.73 Å². The zero-order chi connectivity index (χ0) is 18.2. The fraction of sp³-hybridized carbons (Fsp3) is 0.0455. The molecular weight excluding hydrogens is 334 g/mol. The minimum Gasteiger partial charge on any atom is -0.319 e. The Balaban J connectivity index is 1.62. The SMILES string of the molecule is NC(c1cccnc1)c1ccn2ncc(-c3ccc4ccccc4c3)c2n1. The molecule has 0 radical (unpaired) electrons. The van der Waals surface area contributed by atoms with Gasteiger partial charge in [0.25, 0.3) is 0 Å². The van der Waals surface area contributed by atoms with Crippen molar-refractivity contribution in [2.75, 3.05) is 0 Å². The van der Waals surface area contributed by atoms with Crippen molar-refractivity contribution in [2.45, 2.75) is 6.04 Å². The van der Waals surface area contributed by atoms with Crippen LogP contribution in [0.2, 0.25) is 0 Å². The molecule has 3 heterocycles. The highest BCUT2D eigenvalue weighted by molar-refractivity contribution is 5.89. The van der Waals surface area contributed by atoms with Crippen LogP contribution in [-0.4, -0.2) is 19.6 Å². The van der Waals surface area contributed by atoms with Crippen LogP contribution in [0.15, 0.2) is 85.5 Å². The fourth-order valence-corrected chi connectivity index (χ4v) is 3.35. The number of rotatable bonds is 3.